The third-order valence-electron chi connectivity index (χ3n) is 5.72. The van der Waals surface area contributed by atoms with Crippen molar-refractivity contribution in [2.75, 3.05) is 5.32 Å². The van der Waals surface area contributed by atoms with Crippen molar-refractivity contribution in [2.45, 2.75) is 52.1 Å². The topological polar surface area (TPSA) is 114 Å². The normalized spacial score (nSPS) is 13.8. The number of aromatic nitrogens is 2. The molecule has 2 aromatic heterocycles. The highest BCUT2D eigenvalue weighted by Crippen LogP contribution is 2.37. The highest BCUT2D eigenvalue weighted by Gasteiger charge is 2.26. The van der Waals surface area contributed by atoms with Crippen molar-refractivity contribution in [2.24, 2.45) is 0 Å². The van der Waals surface area contributed by atoms with Gasteiger partial charge in [-0.2, -0.15) is 10.4 Å². The van der Waals surface area contributed by atoms with Crippen molar-refractivity contribution < 1.29 is 14.3 Å². The Balaban J connectivity index is 1.51. The van der Waals surface area contributed by atoms with Crippen LogP contribution < -0.4 is 10.7 Å². The van der Waals surface area contributed by atoms with E-state index in [-0.39, 0.29) is 0 Å². The number of fused-ring (bicyclic) bond motifs is 1. The van der Waals surface area contributed by atoms with Gasteiger partial charge in [-0.3, -0.25) is 9.59 Å². The highest BCUT2D eigenvalue weighted by atomic mass is 32.1. The fourth-order valence-electron chi connectivity index (χ4n) is 3.95. The van der Waals surface area contributed by atoms with E-state index in [4.69, 9.17) is 4.74 Å². The summed E-state index contributed by atoms with van der Waals surface area (Å²) in [4.78, 5) is 39.0. The lowest BCUT2D eigenvalue weighted by atomic mass is 10.1. The SMILES string of the molecule is Cc1cc(=O)c(C(=O)OC(C)C(=O)Nc2sc3c(c2C#N)CCCCC3)nn1-c1ccccc1. The number of ether oxygens (including phenoxy) is 1. The van der Waals surface area contributed by atoms with Crippen LogP contribution in [0.1, 0.15) is 58.4 Å². The molecule has 4 rings (SSSR count). The van der Waals surface area contributed by atoms with E-state index in [1.807, 2.05) is 18.2 Å². The van der Waals surface area contributed by atoms with Gasteiger partial charge in [0, 0.05) is 16.6 Å². The number of esters is 1. The van der Waals surface area contributed by atoms with E-state index >= 15 is 0 Å². The second-order valence-corrected chi connectivity index (χ2v) is 9.27. The number of nitriles is 1. The Hall–Kier alpha value is -3.77. The first-order valence-electron chi connectivity index (χ1n) is 11.1. The van der Waals surface area contributed by atoms with Gasteiger partial charge in [-0.25, -0.2) is 9.48 Å². The molecule has 0 spiro atoms. The Kier molecular flexibility index (Phi) is 6.89. The van der Waals surface area contributed by atoms with Crippen LogP contribution in [0.3, 0.4) is 0 Å². The molecular weight excluding hydrogens is 452 g/mol. The van der Waals surface area contributed by atoms with Crippen LogP contribution in [0, 0.1) is 18.3 Å². The van der Waals surface area contributed by atoms with Crippen LogP contribution in [-0.2, 0) is 22.4 Å². The zero-order valence-electron chi connectivity index (χ0n) is 19.0. The number of nitrogens with one attached hydrogen (secondary N) is 1. The zero-order valence-corrected chi connectivity index (χ0v) is 19.8. The quantitative estimate of drug-likeness (QED) is 0.441. The molecule has 0 aliphatic heterocycles. The van der Waals surface area contributed by atoms with Gasteiger partial charge in [0.05, 0.1) is 11.3 Å². The molecular formula is C25H24N4O4S. The minimum atomic E-state index is -1.19. The molecule has 2 heterocycles. The van der Waals surface area contributed by atoms with Gasteiger partial charge in [-0.15, -0.1) is 11.3 Å². The van der Waals surface area contributed by atoms with E-state index in [0.29, 0.717) is 21.9 Å². The van der Waals surface area contributed by atoms with Gasteiger partial charge in [0.2, 0.25) is 11.1 Å². The summed E-state index contributed by atoms with van der Waals surface area (Å²) >= 11 is 1.40. The summed E-state index contributed by atoms with van der Waals surface area (Å²) in [6.45, 7) is 3.13. The van der Waals surface area contributed by atoms with Crippen LogP contribution in [0.25, 0.3) is 5.69 Å². The van der Waals surface area contributed by atoms with E-state index in [1.54, 1.807) is 19.1 Å². The second kappa shape index (κ2) is 10.0. The molecule has 174 valence electrons. The first-order valence-corrected chi connectivity index (χ1v) is 11.9. The molecule has 1 atom stereocenters. The maximum absolute atomic E-state index is 12.8. The zero-order chi connectivity index (χ0) is 24.2. The van der Waals surface area contributed by atoms with E-state index < -0.39 is 29.1 Å². The molecule has 9 heteroatoms. The minimum absolute atomic E-state index is 0.408. The fraction of sp³-hybridized carbons (Fsp3) is 0.320. The van der Waals surface area contributed by atoms with E-state index in [9.17, 15) is 19.6 Å². The van der Waals surface area contributed by atoms with E-state index in [2.05, 4.69) is 16.5 Å². The summed E-state index contributed by atoms with van der Waals surface area (Å²) < 4.78 is 6.75. The number of thiophene rings is 1. The number of benzene rings is 1. The molecule has 1 unspecified atom stereocenters. The monoisotopic (exact) mass is 476 g/mol. The third kappa shape index (κ3) is 4.77. The average molecular weight is 477 g/mol. The van der Waals surface area contributed by atoms with Crippen molar-refractivity contribution >= 4 is 28.2 Å². The maximum Gasteiger partial charge on any atom is 0.363 e. The van der Waals surface area contributed by atoms with Gasteiger partial charge >= 0.3 is 5.97 Å². The van der Waals surface area contributed by atoms with Crippen LogP contribution in [0.5, 0.6) is 0 Å². The largest absolute Gasteiger partial charge is 0.448 e. The molecule has 3 aromatic rings. The smallest absolute Gasteiger partial charge is 0.363 e. The van der Waals surface area contributed by atoms with Crippen LogP contribution >= 0.6 is 11.3 Å². The first-order chi connectivity index (χ1) is 16.4. The van der Waals surface area contributed by atoms with Gasteiger partial charge in [-0.1, -0.05) is 24.6 Å². The number of anilines is 1. The van der Waals surface area contributed by atoms with Gasteiger partial charge in [0.15, 0.2) is 6.10 Å². The maximum atomic E-state index is 12.8. The molecule has 34 heavy (non-hydrogen) atoms. The van der Waals surface area contributed by atoms with E-state index in [0.717, 1.165) is 42.5 Å². The summed E-state index contributed by atoms with van der Waals surface area (Å²) in [5.74, 6) is -1.56. The van der Waals surface area contributed by atoms with Gasteiger partial charge in [0.25, 0.3) is 5.91 Å². The number of rotatable bonds is 5. The Morgan fingerprint density at radius 3 is 2.68 bits per heavy atom. The Morgan fingerprint density at radius 2 is 1.94 bits per heavy atom. The number of para-hydroxylation sites is 1. The predicted molar refractivity (Wildman–Crippen MR) is 128 cm³/mol. The van der Waals surface area contributed by atoms with Crippen LogP contribution in [-0.4, -0.2) is 27.8 Å². The molecule has 0 fully saturated rings. The summed E-state index contributed by atoms with van der Waals surface area (Å²) in [6.07, 6.45) is 3.73. The van der Waals surface area contributed by atoms with Crippen molar-refractivity contribution in [3.8, 4) is 11.8 Å². The summed E-state index contributed by atoms with van der Waals surface area (Å²) in [7, 11) is 0. The summed E-state index contributed by atoms with van der Waals surface area (Å²) in [5.41, 5.74) is 1.74. The molecule has 0 saturated carbocycles. The number of hydrogen-bond acceptors (Lipinski definition) is 7. The number of aryl methyl sites for hydroxylation is 2. The van der Waals surface area contributed by atoms with E-state index in [1.165, 1.54) is 29.0 Å². The predicted octanol–water partition coefficient (Wildman–Crippen LogP) is 3.93. The van der Waals surface area contributed by atoms with Crippen molar-refractivity contribution in [1.82, 2.24) is 9.78 Å². The standard InChI is InChI=1S/C25H24N4O4S/c1-15-13-20(30)22(28-29(15)17-9-5-3-6-10-17)25(32)33-16(2)23(31)27-24-19(14-26)18-11-7-4-8-12-21(18)34-24/h3,5-6,9-10,13,16H,4,7-8,11-12H2,1-2H3,(H,27,31). The number of hydrogen-bond donors (Lipinski definition) is 1. The van der Waals surface area contributed by atoms with Crippen molar-refractivity contribution in [3.63, 3.8) is 0 Å². The lowest BCUT2D eigenvalue weighted by molar-refractivity contribution is -0.123. The van der Waals surface area contributed by atoms with Crippen LogP contribution in [0.15, 0.2) is 41.2 Å². The third-order valence-corrected chi connectivity index (χ3v) is 6.93. The molecule has 8 nitrogen and oxygen atoms in total. The van der Waals surface area contributed by atoms with Gasteiger partial charge < -0.3 is 10.1 Å². The lowest BCUT2D eigenvalue weighted by Gasteiger charge is -2.14. The van der Waals surface area contributed by atoms with Crippen LogP contribution in [0.2, 0.25) is 0 Å². The Bertz CT molecular complexity index is 1340. The molecule has 1 amide bonds. The Labute approximate surface area is 200 Å². The average Bonchev–Trinajstić information content (AvgIpc) is 2.98. The van der Waals surface area contributed by atoms with Gasteiger partial charge in [0.1, 0.15) is 11.1 Å². The van der Waals surface area contributed by atoms with Crippen molar-refractivity contribution in [3.05, 3.63) is 74.0 Å². The number of carbonyl (C=O) groups is 2. The summed E-state index contributed by atoms with van der Waals surface area (Å²) in [6, 6.07) is 12.6. The van der Waals surface area contributed by atoms with Crippen LogP contribution in [0.4, 0.5) is 5.00 Å². The molecule has 1 aliphatic carbocycles. The molecule has 1 aromatic carbocycles. The highest BCUT2D eigenvalue weighted by molar-refractivity contribution is 7.16. The number of amides is 1. The molecule has 0 radical (unpaired) electrons. The van der Waals surface area contributed by atoms with Crippen molar-refractivity contribution in [1.29, 1.82) is 5.26 Å². The fourth-order valence-corrected chi connectivity index (χ4v) is 5.19. The second-order valence-electron chi connectivity index (χ2n) is 8.16. The first kappa shape index (κ1) is 23.4. The minimum Gasteiger partial charge on any atom is -0.448 e. The lowest BCUT2D eigenvalue weighted by Crippen LogP contribution is -2.32. The summed E-state index contributed by atoms with van der Waals surface area (Å²) in [5, 5.41) is 17.0. The molecule has 0 saturated heterocycles. The number of carbonyl (C=O) groups excluding carboxylic acids is 2. The van der Waals surface area contributed by atoms with Gasteiger partial charge in [-0.05, 0) is 57.2 Å². The molecule has 1 N–H and O–H groups in total. The molecule has 1 aliphatic rings. The molecule has 0 bridgehead atoms. The number of nitrogens with zero attached hydrogens (tertiary/aromatic N) is 3. The Morgan fingerprint density at radius 1 is 1.21 bits per heavy atom.